The minimum atomic E-state index is -0.855. The van der Waals surface area contributed by atoms with Crippen molar-refractivity contribution in [1.29, 1.82) is 0 Å². The second-order valence-corrected chi connectivity index (χ2v) is 4.28. The molecule has 0 saturated carbocycles. The molecule has 2 aromatic rings. The molecule has 0 aliphatic rings. The van der Waals surface area contributed by atoms with Gasteiger partial charge in [0, 0.05) is 23.6 Å². The molecule has 0 spiro atoms. The number of aromatic carboxylic acids is 1. The second-order valence-electron chi connectivity index (χ2n) is 4.28. The lowest BCUT2D eigenvalue weighted by molar-refractivity contribution is 0.0698. The Labute approximate surface area is 94.3 Å². The maximum absolute atomic E-state index is 11.2. The van der Waals surface area contributed by atoms with E-state index < -0.39 is 5.97 Å². The van der Waals surface area contributed by atoms with Gasteiger partial charge in [-0.25, -0.2) is 4.79 Å². The van der Waals surface area contributed by atoms with Crippen LogP contribution in [0.2, 0.25) is 0 Å². The fraction of sp³-hybridized carbons (Fsp3) is 0.308. The number of hydrogen-bond donors (Lipinski definition) is 1. The molecule has 0 saturated heterocycles. The lowest BCUT2D eigenvalue weighted by Crippen LogP contribution is -1.99. The highest BCUT2D eigenvalue weighted by Crippen LogP contribution is 2.27. The van der Waals surface area contributed by atoms with Crippen molar-refractivity contribution < 1.29 is 9.90 Å². The lowest BCUT2D eigenvalue weighted by atomic mass is 10.0. The highest BCUT2D eigenvalue weighted by molar-refractivity contribution is 6.05. The van der Waals surface area contributed by atoms with Crippen LogP contribution in [0.5, 0.6) is 0 Å². The van der Waals surface area contributed by atoms with E-state index in [4.69, 9.17) is 0 Å². The van der Waals surface area contributed by atoms with Gasteiger partial charge in [0.2, 0.25) is 0 Å². The SMILES string of the molecule is Cc1cc2c(C(=O)O)c(C)n(C)c2cc1C. The molecule has 0 atom stereocenters. The Hall–Kier alpha value is -1.77. The third-order valence-electron chi connectivity index (χ3n) is 3.32. The summed E-state index contributed by atoms with van der Waals surface area (Å²) in [5, 5.41) is 10.1. The Bertz CT molecular complexity index is 594. The molecule has 1 heterocycles. The minimum absolute atomic E-state index is 0.417. The molecule has 0 amide bonds. The average Bonchev–Trinajstić information content (AvgIpc) is 2.42. The van der Waals surface area contributed by atoms with E-state index in [1.54, 1.807) is 0 Å². The van der Waals surface area contributed by atoms with Gasteiger partial charge in [-0.3, -0.25) is 0 Å². The third-order valence-corrected chi connectivity index (χ3v) is 3.32. The van der Waals surface area contributed by atoms with Crippen LogP contribution in [0.25, 0.3) is 10.9 Å². The standard InChI is InChI=1S/C13H15NO2/c1-7-5-10-11(6-8(7)2)14(4)9(3)12(10)13(15)16/h5-6H,1-4H3,(H,15,16). The lowest BCUT2D eigenvalue weighted by Gasteiger charge is -2.02. The van der Waals surface area contributed by atoms with Gasteiger partial charge in [-0.05, 0) is 44.0 Å². The summed E-state index contributed by atoms with van der Waals surface area (Å²) >= 11 is 0. The quantitative estimate of drug-likeness (QED) is 0.798. The molecule has 0 fully saturated rings. The molecule has 1 N–H and O–H groups in total. The van der Waals surface area contributed by atoms with Crippen LogP contribution in [0.1, 0.15) is 27.2 Å². The van der Waals surface area contributed by atoms with E-state index in [0.29, 0.717) is 5.56 Å². The van der Waals surface area contributed by atoms with E-state index in [9.17, 15) is 9.90 Å². The summed E-state index contributed by atoms with van der Waals surface area (Å²) in [4.78, 5) is 11.2. The highest BCUT2D eigenvalue weighted by atomic mass is 16.4. The first-order valence-corrected chi connectivity index (χ1v) is 5.23. The van der Waals surface area contributed by atoms with Crippen molar-refractivity contribution in [1.82, 2.24) is 4.57 Å². The van der Waals surface area contributed by atoms with Crippen LogP contribution in [0.4, 0.5) is 0 Å². The number of carboxylic acids is 1. The van der Waals surface area contributed by atoms with Crippen LogP contribution in [0.15, 0.2) is 12.1 Å². The van der Waals surface area contributed by atoms with Crippen molar-refractivity contribution in [3.05, 3.63) is 34.5 Å². The molecule has 2 rings (SSSR count). The topological polar surface area (TPSA) is 42.2 Å². The normalized spacial score (nSPS) is 11.0. The summed E-state index contributed by atoms with van der Waals surface area (Å²) < 4.78 is 1.94. The number of aromatic nitrogens is 1. The van der Waals surface area contributed by atoms with Gasteiger partial charge in [-0.2, -0.15) is 0 Å². The van der Waals surface area contributed by atoms with E-state index in [0.717, 1.165) is 22.2 Å². The summed E-state index contributed by atoms with van der Waals surface area (Å²) in [6.07, 6.45) is 0. The molecule has 0 aliphatic heterocycles. The molecular formula is C13H15NO2. The van der Waals surface area contributed by atoms with E-state index in [1.165, 1.54) is 5.56 Å². The van der Waals surface area contributed by atoms with Gasteiger partial charge in [0.1, 0.15) is 0 Å². The average molecular weight is 217 g/mol. The number of hydrogen-bond acceptors (Lipinski definition) is 1. The zero-order chi connectivity index (χ0) is 12.0. The number of fused-ring (bicyclic) bond motifs is 1. The van der Waals surface area contributed by atoms with Gasteiger partial charge >= 0.3 is 5.97 Å². The van der Waals surface area contributed by atoms with Crippen LogP contribution in [-0.2, 0) is 7.05 Å². The van der Waals surface area contributed by atoms with Crippen molar-refractivity contribution in [2.24, 2.45) is 7.05 Å². The number of carbonyl (C=O) groups is 1. The summed E-state index contributed by atoms with van der Waals surface area (Å²) in [6.45, 7) is 5.88. The number of nitrogens with zero attached hydrogens (tertiary/aromatic N) is 1. The Morgan fingerprint density at radius 3 is 2.31 bits per heavy atom. The Balaban J connectivity index is 2.97. The summed E-state index contributed by atoms with van der Waals surface area (Å²) in [6, 6.07) is 4.01. The number of carboxylic acid groups (broad SMARTS) is 1. The van der Waals surface area contributed by atoms with Crippen LogP contribution >= 0.6 is 0 Å². The zero-order valence-corrected chi connectivity index (χ0v) is 9.96. The molecule has 0 radical (unpaired) electrons. The zero-order valence-electron chi connectivity index (χ0n) is 9.96. The van der Waals surface area contributed by atoms with Crippen molar-refractivity contribution >= 4 is 16.9 Å². The van der Waals surface area contributed by atoms with Gasteiger partial charge in [0.15, 0.2) is 0 Å². The molecule has 1 aromatic heterocycles. The van der Waals surface area contributed by atoms with Crippen LogP contribution in [0.3, 0.4) is 0 Å². The van der Waals surface area contributed by atoms with Crippen LogP contribution in [0, 0.1) is 20.8 Å². The van der Waals surface area contributed by atoms with Crippen molar-refractivity contribution in [2.45, 2.75) is 20.8 Å². The molecule has 3 nitrogen and oxygen atoms in total. The maximum atomic E-state index is 11.2. The van der Waals surface area contributed by atoms with Gasteiger partial charge < -0.3 is 9.67 Å². The van der Waals surface area contributed by atoms with Gasteiger partial charge in [0.25, 0.3) is 0 Å². The van der Waals surface area contributed by atoms with E-state index in [2.05, 4.69) is 0 Å². The van der Waals surface area contributed by atoms with E-state index in [-0.39, 0.29) is 0 Å². The molecule has 0 bridgehead atoms. The molecule has 84 valence electrons. The molecule has 16 heavy (non-hydrogen) atoms. The summed E-state index contributed by atoms with van der Waals surface area (Å²) in [5.74, 6) is -0.855. The van der Waals surface area contributed by atoms with Crippen LogP contribution < -0.4 is 0 Å². The highest BCUT2D eigenvalue weighted by Gasteiger charge is 2.18. The second kappa shape index (κ2) is 3.37. The first kappa shape index (κ1) is 10.7. The molecule has 0 unspecified atom stereocenters. The number of rotatable bonds is 1. The van der Waals surface area contributed by atoms with E-state index >= 15 is 0 Å². The van der Waals surface area contributed by atoms with Crippen molar-refractivity contribution in [2.75, 3.05) is 0 Å². The first-order valence-electron chi connectivity index (χ1n) is 5.23. The predicted octanol–water partition coefficient (Wildman–Crippen LogP) is 2.80. The smallest absolute Gasteiger partial charge is 0.338 e. The summed E-state index contributed by atoms with van der Waals surface area (Å²) in [5.41, 5.74) is 4.51. The maximum Gasteiger partial charge on any atom is 0.338 e. The molecule has 1 aromatic carbocycles. The number of benzene rings is 1. The fourth-order valence-corrected chi connectivity index (χ4v) is 2.09. The fourth-order valence-electron chi connectivity index (χ4n) is 2.09. The molecule has 0 aliphatic carbocycles. The monoisotopic (exact) mass is 217 g/mol. The minimum Gasteiger partial charge on any atom is -0.478 e. The van der Waals surface area contributed by atoms with Gasteiger partial charge in [-0.15, -0.1) is 0 Å². The van der Waals surface area contributed by atoms with Crippen LogP contribution in [-0.4, -0.2) is 15.6 Å². The summed E-state index contributed by atoms with van der Waals surface area (Å²) in [7, 11) is 1.90. The Morgan fingerprint density at radius 1 is 1.19 bits per heavy atom. The first-order chi connectivity index (χ1) is 7.43. The van der Waals surface area contributed by atoms with Gasteiger partial charge in [-0.1, -0.05) is 0 Å². The van der Waals surface area contributed by atoms with Crippen molar-refractivity contribution in [3.63, 3.8) is 0 Å². The predicted molar refractivity (Wildman–Crippen MR) is 64.1 cm³/mol. The third kappa shape index (κ3) is 1.32. The Kier molecular flexibility index (Phi) is 2.26. The largest absolute Gasteiger partial charge is 0.478 e. The van der Waals surface area contributed by atoms with E-state index in [1.807, 2.05) is 44.5 Å². The Morgan fingerprint density at radius 2 is 1.75 bits per heavy atom. The van der Waals surface area contributed by atoms with Gasteiger partial charge in [0.05, 0.1) is 5.56 Å². The number of aryl methyl sites for hydroxylation is 3. The van der Waals surface area contributed by atoms with Crippen molar-refractivity contribution in [3.8, 4) is 0 Å². The molecular weight excluding hydrogens is 202 g/mol. The molecule has 3 heteroatoms.